The second kappa shape index (κ2) is 16.8. The molecule has 0 bridgehead atoms. The number of amides is 1. The Bertz CT molecular complexity index is 1820. The summed E-state index contributed by atoms with van der Waals surface area (Å²) in [5.41, 5.74) is 5.66. The van der Waals surface area contributed by atoms with Gasteiger partial charge in [0.25, 0.3) is 11.7 Å². The zero-order valence-electron chi connectivity index (χ0n) is 28.8. The van der Waals surface area contributed by atoms with Gasteiger partial charge in [0, 0.05) is 39.6 Å². The van der Waals surface area contributed by atoms with Crippen molar-refractivity contribution in [2.45, 2.75) is 73.1 Å². The van der Waals surface area contributed by atoms with Gasteiger partial charge in [-0.25, -0.2) is 0 Å². The van der Waals surface area contributed by atoms with Crippen molar-refractivity contribution < 1.29 is 14.3 Å². The van der Waals surface area contributed by atoms with Crippen LogP contribution in [0.3, 0.4) is 0 Å². The third-order valence-corrected chi connectivity index (χ3v) is 7.54. The number of aromatic nitrogens is 1. The number of unbranched alkanes of at least 4 members (excludes halogenated alkanes) is 1. The number of hydrogen-bond donors (Lipinski definition) is 2. The number of methoxy groups -OCH3 is 1. The van der Waals surface area contributed by atoms with E-state index in [1.54, 1.807) is 30.5 Å². The van der Waals surface area contributed by atoms with Crippen LogP contribution in [0.1, 0.15) is 88.0 Å². The number of carbonyl (C=O) groups excluding carboxylic acids is 2. The fourth-order valence-electron chi connectivity index (χ4n) is 4.95. The quantitative estimate of drug-likeness (QED) is 0.0792. The number of aryl methyl sites for hydroxylation is 1. The lowest BCUT2D eigenvalue weighted by Gasteiger charge is -2.22. The summed E-state index contributed by atoms with van der Waals surface area (Å²) in [5.74, 6) is 1.41. The maximum atomic E-state index is 13.4. The van der Waals surface area contributed by atoms with Crippen LogP contribution in [0, 0.1) is 31.4 Å². The summed E-state index contributed by atoms with van der Waals surface area (Å²) in [7, 11) is 1.47. The number of benzene rings is 2. The van der Waals surface area contributed by atoms with Crippen molar-refractivity contribution in [1.29, 1.82) is 0 Å². The summed E-state index contributed by atoms with van der Waals surface area (Å²) >= 11 is 0. The topological polar surface area (TPSA) is 80.3 Å². The van der Waals surface area contributed by atoms with E-state index in [2.05, 4.69) is 72.7 Å². The highest BCUT2D eigenvalue weighted by Gasteiger charge is 2.24. The molecule has 0 saturated heterocycles. The minimum absolute atomic E-state index is 0.212. The molecule has 0 atom stereocenters. The Hall–Kier alpha value is -5.33. The van der Waals surface area contributed by atoms with E-state index in [0.29, 0.717) is 22.4 Å². The molecule has 0 spiro atoms. The van der Waals surface area contributed by atoms with E-state index in [0.717, 1.165) is 28.0 Å². The largest absolute Gasteiger partial charge is 0.493 e. The van der Waals surface area contributed by atoms with E-state index in [9.17, 15) is 9.59 Å². The number of carbonyl (C=O) groups is 2. The van der Waals surface area contributed by atoms with Crippen LogP contribution in [0.2, 0.25) is 0 Å². The Morgan fingerprint density at radius 3 is 2.47 bits per heavy atom. The third kappa shape index (κ3) is 9.58. The number of allylic oxidation sites excluding steroid dienone is 4. The van der Waals surface area contributed by atoms with Crippen molar-refractivity contribution >= 4 is 39.5 Å². The van der Waals surface area contributed by atoms with Crippen LogP contribution in [0.4, 0.5) is 17.1 Å². The Balaban J connectivity index is 0.000000520. The van der Waals surface area contributed by atoms with Crippen LogP contribution in [0.25, 0.3) is 10.8 Å². The molecule has 6 heteroatoms. The first-order valence-corrected chi connectivity index (χ1v) is 15.8. The average Bonchev–Trinajstić information content (AvgIpc) is 3.06. The van der Waals surface area contributed by atoms with Crippen LogP contribution in [0.15, 0.2) is 78.5 Å². The lowest BCUT2D eigenvalue weighted by molar-refractivity contribution is -0.112. The van der Waals surface area contributed by atoms with Crippen molar-refractivity contribution in [3.8, 4) is 18.1 Å². The maximum absolute atomic E-state index is 13.4. The molecule has 0 aliphatic heterocycles. The van der Waals surface area contributed by atoms with E-state index in [4.69, 9.17) is 11.2 Å². The molecule has 4 aromatic rings. The normalized spacial score (nSPS) is 11.3. The van der Waals surface area contributed by atoms with E-state index in [1.807, 2.05) is 52.0 Å². The Morgan fingerprint density at radius 2 is 1.85 bits per heavy atom. The zero-order valence-corrected chi connectivity index (χ0v) is 28.8. The lowest BCUT2D eigenvalue weighted by atomic mass is 9.85. The first kappa shape index (κ1) is 36.1. The van der Waals surface area contributed by atoms with E-state index < -0.39 is 11.7 Å². The number of nitrogens with zero attached hydrogens (tertiary/aromatic N) is 1. The summed E-state index contributed by atoms with van der Waals surface area (Å²) < 4.78 is 5.48. The summed E-state index contributed by atoms with van der Waals surface area (Å²) in [6, 6.07) is 20.2. The highest BCUT2D eigenvalue weighted by atomic mass is 16.5. The van der Waals surface area contributed by atoms with Gasteiger partial charge in [-0.3, -0.25) is 14.6 Å². The molecule has 2 N–H and O–H groups in total. The second-order valence-electron chi connectivity index (χ2n) is 12.1. The molecule has 1 aromatic heterocycles. The maximum Gasteiger partial charge on any atom is 0.296 e. The van der Waals surface area contributed by atoms with Crippen LogP contribution in [-0.2, 0) is 10.2 Å². The van der Waals surface area contributed by atoms with Crippen molar-refractivity contribution in [1.82, 2.24) is 4.98 Å². The number of rotatable bonds is 10. The summed E-state index contributed by atoms with van der Waals surface area (Å²) in [6.45, 7) is 14.4. The first-order valence-electron chi connectivity index (χ1n) is 15.8. The highest BCUT2D eigenvalue weighted by molar-refractivity contribution is 6.48. The van der Waals surface area contributed by atoms with E-state index in [1.165, 1.54) is 31.9 Å². The molecule has 0 aliphatic rings. The number of hydrogen-bond acceptors (Lipinski definition) is 5. The predicted molar refractivity (Wildman–Crippen MR) is 195 cm³/mol. The number of terminal acetylenes is 1. The molecular formula is C41H45N3O3. The Kier molecular flexibility index (Phi) is 12.9. The number of nitrogens with one attached hydrogen (secondary N) is 2. The van der Waals surface area contributed by atoms with E-state index in [-0.39, 0.29) is 11.0 Å². The van der Waals surface area contributed by atoms with Crippen LogP contribution >= 0.6 is 0 Å². The molecule has 3 aromatic carbocycles. The van der Waals surface area contributed by atoms with Crippen LogP contribution < -0.4 is 15.4 Å². The van der Waals surface area contributed by atoms with Crippen molar-refractivity contribution in [3.63, 3.8) is 0 Å². The average molecular weight is 628 g/mol. The molecule has 242 valence electrons. The minimum Gasteiger partial charge on any atom is -0.493 e. The smallest absolute Gasteiger partial charge is 0.296 e. The Morgan fingerprint density at radius 1 is 1.09 bits per heavy atom. The van der Waals surface area contributed by atoms with Crippen molar-refractivity contribution in [3.05, 3.63) is 113 Å². The molecule has 0 saturated carbocycles. The third-order valence-electron chi connectivity index (χ3n) is 7.54. The van der Waals surface area contributed by atoms with Gasteiger partial charge >= 0.3 is 0 Å². The number of pyridine rings is 1. The van der Waals surface area contributed by atoms with Gasteiger partial charge in [0.2, 0.25) is 0 Å². The number of ether oxygens (including phenoxy) is 1. The molecular weight excluding hydrogens is 582 g/mol. The van der Waals surface area contributed by atoms with Gasteiger partial charge in [0.15, 0.2) is 5.75 Å². The molecule has 0 aliphatic carbocycles. The fourth-order valence-corrected chi connectivity index (χ4v) is 4.95. The summed E-state index contributed by atoms with van der Waals surface area (Å²) in [6.07, 6.45) is 17.7. The Labute approximate surface area is 280 Å². The molecule has 0 radical (unpaired) electrons. The number of ketones is 1. The van der Waals surface area contributed by atoms with Gasteiger partial charge in [-0.2, -0.15) is 0 Å². The highest BCUT2D eigenvalue weighted by Crippen LogP contribution is 2.35. The van der Waals surface area contributed by atoms with Gasteiger partial charge in [-0.05, 0) is 93.1 Å². The van der Waals surface area contributed by atoms with Gasteiger partial charge in [0.1, 0.15) is 0 Å². The van der Waals surface area contributed by atoms with E-state index >= 15 is 0 Å². The number of fused-ring (bicyclic) bond motifs is 1. The zero-order chi connectivity index (χ0) is 34.6. The van der Waals surface area contributed by atoms with Gasteiger partial charge in [-0.15, -0.1) is 6.42 Å². The molecule has 6 nitrogen and oxygen atoms in total. The summed E-state index contributed by atoms with van der Waals surface area (Å²) in [4.78, 5) is 30.8. The van der Waals surface area contributed by atoms with Gasteiger partial charge in [-0.1, -0.05) is 76.0 Å². The second-order valence-corrected chi connectivity index (χ2v) is 12.1. The van der Waals surface area contributed by atoms with Crippen molar-refractivity contribution in [2.24, 2.45) is 0 Å². The fraction of sp³-hybridized carbons (Fsp3) is 0.293. The monoisotopic (exact) mass is 627 g/mol. The van der Waals surface area contributed by atoms with Crippen LogP contribution in [0.5, 0.6) is 5.75 Å². The van der Waals surface area contributed by atoms with Crippen LogP contribution in [-0.4, -0.2) is 23.8 Å². The van der Waals surface area contributed by atoms with Gasteiger partial charge < -0.3 is 15.4 Å². The standard InChI is InChI=1S/C31H27N3O3.C10H18/c1-7-20-17-21(31(3,4)5)18-27(29(20)37-6)34-30(36)28(35)25-12-13-26(24-11-9-8-10-23(24)25)33-22-14-15-32-19(2)16-22;1-4-7-9-10(6-3)8-5-2/h1,9,11-18H,2-6H3,(H,32,33)(H,34,36);5-6,8H,4,7,9H2,1-3H3/b;8-5-,10-6+. The summed E-state index contributed by atoms with van der Waals surface area (Å²) in [5, 5.41) is 7.28. The predicted octanol–water partition coefficient (Wildman–Crippen LogP) is 9.69. The molecule has 0 fully saturated rings. The minimum atomic E-state index is -0.809. The number of anilines is 3. The molecule has 1 amide bonds. The first-order chi connectivity index (χ1) is 22.5. The molecule has 47 heavy (non-hydrogen) atoms. The number of Topliss-reactive ketones (excluding diaryl/α,β-unsaturated/α-hetero) is 1. The van der Waals surface area contributed by atoms with Crippen molar-refractivity contribution in [2.75, 3.05) is 17.7 Å². The SMILES string of the molecule is C#Cc1cc(C(C)(C)C)cc(NC(=O)C(=O)c2ccc(Nc3ccnc(C)c3)c3ccc#cc23)c1OC.C/C=C\C(=C/C)CCCC. The molecule has 1 heterocycles. The molecule has 4 rings (SSSR count). The molecule has 0 unspecified atom stereocenters. The van der Waals surface area contributed by atoms with Gasteiger partial charge in [0.05, 0.1) is 18.4 Å². The lowest BCUT2D eigenvalue weighted by Crippen LogP contribution is -2.24.